The third-order valence-electron chi connectivity index (χ3n) is 4.75. The summed E-state index contributed by atoms with van der Waals surface area (Å²) in [5.74, 6) is 0.750. The lowest BCUT2D eigenvalue weighted by Crippen LogP contribution is -2.52. The van der Waals surface area contributed by atoms with Crippen molar-refractivity contribution in [3.05, 3.63) is 0 Å². The highest BCUT2D eigenvalue weighted by Crippen LogP contribution is 2.25. The Kier molecular flexibility index (Phi) is 5.42. The summed E-state index contributed by atoms with van der Waals surface area (Å²) in [4.78, 5) is 5.00. The molecule has 0 radical (unpaired) electrons. The van der Waals surface area contributed by atoms with E-state index in [4.69, 9.17) is 10.5 Å². The molecule has 0 saturated carbocycles. The minimum Gasteiger partial charge on any atom is -0.381 e. The molecule has 2 N–H and O–H groups in total. The van der Waals surface area contributed by atoms with Gasteiger partial charge in [0, 0.05) is 31.8 Å². The highest BCUT2D eigenvalue weighted by Gasteiger charge is 2.31. The van der Waals surface area contributed by atoms with Crippen LogP contribution in [0.1, 0.15) is 25.7 Å². The minimum absolute atomic E-state index is 0.581. The van der Waals surface area contributed by atoms with Crippen molar-refractivity contribution in [2.45, 2.75) is 37.8 Å². The van der Waals surface area contributed by atoms with Gasteiger partial charge in [0.25, 0.3) is 0 Å². The van der Waals surface area contributed by atoms with Crippen molar-refractivity contribution >= 4 is 0 Å². The van der Waals surface area contributed by atoms with E-state index in [-0.39, 0.29) is 0 Å². The lowest BCUT2D eigenvalue weighted by molar-refractivity contribution is 0.0153. The lowest BCUT2D eigenvalue weighted by Gasteiger charge is -2.43. The number of hydrogen-bond donors (Lipinski definition) is 1. The third-order valence-corrected chi connectivity index (χ3v) is 4.75. The van der Waals surface area contributed by atoms with Crippen molar-refractivity contribution in [1.29, 1.82) is 0 Å². The largest absolute Gasteiger partial charge is 0.381 e. The molecule has 0 amide bonds. The standard InChI is InChI=1S/C14H29N3O/c1-16(2)13-3-7-17(8-4-13)14(11-15)12-5-9-18-10-6-12/h12-14H,3-11,15H2,1-2H3. The van der Waals surface area contributed by atoms with Crippen molar-refractivity contribution in [3.8, 4) is 0 Å². The molecule has 1 atom stereocenters. The minimum atomic E-state index is 0.581. The first kappa shape index (κ1) is 14.3. The van der Waals surface area contributed by atoms with Gasteiger partial charge in [-0.15, -0.1) is 0 Å². The Balaban J connectivity index is 1.85. The van der Waals surface area contributed by atoms with E-state index in [1.54, 1.807) is 0 Å². The van der Waals surface area contributed by atoms with Crippen LogP contribution in [0, 0.1) is 5.92 Å². The van der Waals surface area contributed by atoms with Crippen LogP contribution in [0.3, 0.4) is 0 Å². The van der Waals surface area contributed by atoms with E-state index in [0.29, 0.717) is 6.04 Å². The van der Waals surface area contributed by atoms with E-state index in [1.165, 1.54) is 38.8 Å². The smallest absolute Gasteiger partial charge is 0.0469 e. The van der Waals surface area contributed by atoms with Crippen LogP contribution in [0.15, 0.2) is 0 Å². The molecule has 2 aliphatic rings. The summed E-state index contributed by atoms with van der Waals surface area (Å²) in [6.45, 7) is 5.08. The fourth-order valence-corrected chi connectivity index (χ4v) is 3.47. The molecule has 2 fully saturated rings. The Morgan fingerprint density at radius 3 is 2.28 bits per heavy atom. The van der Waals surface area contributed by atoms with Gasteiger partial charge in [-0.25, -0.2) is 0 Å². The molecule has 2 heterocycles. The fraction of sp³-hybridized carbons (Fsp3) is 1.00. The number of rotatable bonds is 4. The Morgan fingerprint density at radius 2 is 1.78 bits per heavy atom. The second-order valence-corrected chi connectivity index (χ2v) is 5.98. The number of nitrogens with zero attached hydrogens (tertiary/aromatic N) is 2. The first-order valence-electron chi connectivity index (χ1n) is 7.40. The van der Waals surface area contributed by atoms with Crippen LogP contribution in [0.2, 0.25) is 0 Å². The zero-order chi connectivity index (χ0) is 13.0. The zero-order valence-electron chi connectivity index (χ0n) is 12.0. The molecule has 4 heteroatoms. The molecule has 106 valence electrons. The van der Waals surface area contributed by atoms with Crippen LogP contribution in [-0.4, -0.2) is 68.8 Å². The number of likely N-dealkylation sites (tertiary alicyclic amines) is 1. The molecule has 0 spiro atoms. The zero-order valence-corrected chi connectivity index (χ0v) is 12.0. The number of nitrogens with two attached hydrogens (primary N) is 1. The maximum atomic E-state index is 6.04. The molecular formula is C14H29N3O. The van der Waals surface area contributed by atoms with Gasteiger partial charge >= 0.3 is 0 Å². The summed E-state index contributed by atoms with van der Waals surface area (Å²) in [7, 11) is 4.39. The van der Waals surface area contributed by atoms with Crippen LogP contribution in [-0.2, 0) is 4.74 Å². The molecule has 0 aromatic heterocycles. The van der Waals surface area contributed by atoms with Crippen molar-refractivity contribution < 1.29 is 4.74 Å². The SMILES string of the molecule is CN(C)C1CCN(C(CN)C2CCOCC2)CC1. The van der Waals surface area contributed by atoms with Gasteiger partial charge in [-0.3, -0.25) is 4.90 Å². The molecular weight excluding hydrogens is 226 g/mol. The first-order valence-corrected chi connectivity index (χ1v) is 7.40. The number of piperidine rings is 1. The topological polar surface area (TPSA) is 41.7 Å². The van der Waals surface area contributed by atoms with Gasteiger partial charge in [-0.1, -0.05) is 0 Å². The molecule has 0 bridgehead atoms. The second kappa shape index (κ2) is 6.85. The van der Waals surface area contributed by atoms with E-state index in [1.807, 2.05) is 0 Å². The van der Waals surface area contributed by atoms with Crippen LogP contribution in [0.5, 0.6) is 0 Å². The summed E-state index contributed by atoms with van der Waals surface area (Å²) >= 11 is 0. The summed E-state index contributed by atoms with van der Waals surface area (Å²) in [5.41, 5.74) is 6.04. The number of ether oxygens (including phenoxy) is 1. The van der Waals surface area contributed by atoms with Gasteiger partial charge in [0.2, 0.25) is 0 Å². The fourth-order valence-electron chi connectivity index (χ4n) is 3.47. The Hall–Kier alpha value is -0.160. The van der Waals surface area contributed by atoms with Gasteiger partial charge in [0.15, 0.2) is 0 Å². The molecule has 0 aliphatic carbocycles. The highest BCUT2D eigenvalue weighted by molar-refractivity contribution is 4.86. The molecule has 2 rings (SSSR count). The van der Waals surface area contributed by atoms with E-state index in [9.17, 15) is 0 Å². The molecule has 2 saturated heterocycles. The van der Waals surface area contributed by atoms with Crippen molar-refractivity contribution in [1.82, 2.24) is 9.80 Å². The Bertz CT molecular complexity index is 233. The van der Waals surface area contributed by atoms with Crippen molar-refractivity contribution in [3.63, 3.8) is 0 Å². The summed E-state index contributed by atoms with van der Waals surface area (Å²) in [5, 5.41) is 0. The van der Waals surface area contributed by atoms with Crippen molar-refractivity contribution in [2.24, 2.45) is 11.7 Å². The maximum absolute atomic E-state index is 6.04. The van der Waals surface area contributed by atoms with E-state index in [2.05, 4.69) is 23.9 Å². The van der Waals surface area contributed by atoms with Gasteiger partial charge in [0.05, 0.1) is 0 Å². The predicted molar refractivity (Wildman–Crippen MR) is 74.7 cm³/mol. The third kappa shape index (κ3) is 3.44. The quantitative estimate of drug-likeness (QED) is 0.805. The van der Waals surface area contributed by atoms with Crippen LogP contribution in [0.25, 0.3) is 0 Å². The molecule has 18 heavy (non-hydrogen) atoms. The molecule has 2 aliphatic heterocycles. The van der Waals surface area contributed by atoms with E-state index in [0.717, 1.165) is 31.7 Å². The van der Waals surface area contributed by atoms with Gasteiger partial charge in [0.1, 0.15) is 0 Å². The second-order valence-electron chi connectivity index (χ2n) is 5.98. The normalized spacial score (nSPS) is 26.7. The highest BCUT2D eigenvalue weighted by atomic mass is 16.5. The molecule has 1 unspecified atom stereocenters. The summed E-state index contributed by atoms with van der Waals surface area (Å²) < 4.78 is 5.46. The maximum Gasteiger partial charge on any atom is 0.0469 e. The Morgan fingerprint density at radius 1 is 1.17 bits per heavy atom. The van der Waals surface area contributed by atoms with Crippen LogP contribution < -0.4 is 5.73 Å². The predicted octanol–water partition coefficient (Wildman–Crippen LogP) is 0.766. The van der Waals surface area contributed by atoms with Crippen LogP contribution >= 0.6 is 0 Å². The molecule has 0 aromatic rings. The van der Waals surface area contributed by atoms with Crippen molar-refractivity contribution in [2.75, 3.05) is 46.9 Å². The monoisotopic (exact) mass is 255 g/mol. The summed E-state index contributed by atoms with van der Waals surface area (Å²) in [6.07, 6.45) is 4.95. The van der Waals surface area contributed by atoms with E-state index >= 15 is 0 Å². The molecule has 4 nitrogen and oxygen atoms in total. The lowest BCUT2D eigenvalue weighted by atomic mass is 9.89. The summed E-state index contributed by atoms with van der Waals surface area (Å²) in [6, 6.07) is 1.34. The van der Waals surface area contributed by atoms with Gasteiger partial charge < -0.3 is 15.4 Å². The Labute approximate surface area is 111 Å². The van der Waals surface area contributed by atoms with Gasteiger partial charge in [-0.05, 0) is 58.8 Å². The average molecular weight is 255 g/mol. The van der Waals surface area contributed by atoms with Crippen LogP contribution in [0.4, 0.5) is 0 Å². The average Bonchev–Trinajstić information content (AvgIpc) is 2.41. The first-order chi connectivity index (χ1) is 8.72. The number of hydrogen-bond acceptors (Lipinski definition) is 4. The van der Waals surface area contributed by atoms with E-state index < -0.39 is 0 Å². The molecule has 0 aromatic carbocycles. The van der Waals surface area contributed by atoms with Gasteiger partial charge in [-0.2, -0.15) is 0 Å².